The van der Waals surface area contributed by atoms with E-state index in [2.05, 4.69) is 34.6 Å². The molecule has 3 N–H and O–H groups in total. The van der Waals surface area contributed by atoms with E-state index in [9.17, 15) is 43.2 Å². The van der Waals surface area contributed by atoms with Crippen LogP contribution in [-0.4, -0.2) is 96.7 Å². The maximum Gasteiger partial charge on any atom is 0.472 e. The number of unbranched alkanes of at least 4 members (excludes halogenated alkanes) is 55. The molecule has 2 unspecified atom stereocenters. The van der Waals surface area contributed by atoms with Crippen molar-refractivity contribution in [1.82, 2.24) is 0 Å². The lowest BCUT2D eigenvalue weighted by molar-refractivity contribution is -0.161. The molecule has 17 nitrogen and oxygen atoms in total. The van der Waals surface area contributed by atoms with Crippen LogP contribution in [0.15, 0.2) is 0 Å². The summed E-state index contributed by atoms with van der Waals surface area (Å²) in [7, 11) is -9.92. The Morgan fingerprint density at radius 2 is 0.451 bits per heavy atom. The van der Waals surface area contributed by atoms with Crippen molar-refractivity contribution in [3.05, 3.63) is 0 Å². The molecule has 0 aliphatic carbocycles. The van der Waals surface area contributed by atoms with Crippen LogP contribution in [0.3, 0.4) is 0 Å². The molecule has 0 radical (unpaired) electrons. The first-order valence-corrected chi connectivity index (χ1v) is 46.1. The summed E-state index contributed by atoms with van der Waals surface area (Å²) in [5, 5.41) is 10.7. The topological polar surface area (TPSA) is 237 Å². The number of aliphatic hydroxyl groups excluding tert-OH is 1. The third-order valence-electron chi connectivity index (χ3n) is 19.5. The molecule has 606 valence electrons. The lowest BCUT2D eigenvalue weighted by Gasteiger charge is -2.21. The maximum atomic E-state index is 13.1. The molecule has 0 spiro atoms. The number of hydrogen-bond acceptors (Lipinski definition) is 15. The first kappa shape index (κ1) is 100. The average Bonchev–Trinajstić information content (AvgIpc) is 0.912. The minimum Gasteiger partial charge on any atom is -0.462 e. The lowest BCUT2D eigenvalue weighted by Crippen LogP contribution is -2.30. The smallest absolute Gasteiger partial charge is 0.462 e. The van der Waals surface area contributed by atoms with Crippen molar-refractivity contribution in [2.75, 3.05) is 39.6 Å². The average molecular weight is 1490 g/mol. The van der Waals surface area contributed by atoms with Crippen LogP contribution < -0.4 is 0 Å². The van der Waals surface area contributed by atoms with E-state index in [1.54, 1.807) is 0 Å². The summed E-state index contributed by atoms with van der Waals surface area (Å²) in [5.74, 6) is -1.40. The molecule has 5 atom stereocenters. The van der Waals surface area contributed by atoms with Crippen molar-refractivity contribution in [2.45, 2.75) is 464 Å². The van der Waals surface area contributed by atoms with Crippen LogP contribution in [0.25, 0.3) is 0 Å². The minimum atomic E-state index is -4.96. The highest BCUT2D eigenvalue weighted by Gasteiger charge is 2.30. The first-order valence-electron chi connectivity index (χ1n) is 43.1. The largest absolute Gasteiger partial charge is 0.472 e. The molecular weight excluding hydrogens is 1330 g/mol. The van der Waals surface area contributed by atoms with Gasteiger partial charge in [0.25, 0.3) is 0 Å². The Morgan fingerprint density at radius 3 is 0.667 bits per heavy atom. The standard InChI is InChI=1S/C83H162O17P2/c1-6-9-12-15-18-21-24-27-30-32-33-34-35-36-39-42-45-48-53-59-64-69-82(87)99-78(72-93-80(85)66-61-56-51-46-43-40-38-31-28-25-22-19-16-13-10-7-2)74-97-101(89,90)95-70-77(84)71-96-102(91,92)98-75-79(73-94-81(86)67-62-57-54-49-50-55-60-65-76(4)5)100-83(88)68-63-58-52-47-44-41-37-29-26-23-20-17-14-11-8-3/h76-79,84H,6-75H2,1-5H3,(H,89,90)(H,91,92)/t77-,78-,79-/m1/s1. The zero-order chi connectivity index (χ0) is 74.8. The molecule has 0 aromatic heterocycles. The lowest BCUT2D eigenvalue weighted by atomic mass is 10.0. The van der Waals surface area contributed by atoms with Gasteiger partial charge in [-0.1, -0.05) is 394 Å². The van der Waals surface area contributed by atoms with Gasteiger partial charge in [-0.25, -0.2) is 9.13 Å². The number of phosphoric acid groups is 2. The Kier molecular flexibility index (Phi) is 74.4. The fourth-order valence-electron chi connectivity index (χ4n) is 12.9. The van der Waals surface area contributed by atoms with Crippen molar-refractivity contribution in [3.8, 4) is 0 Å². The Morgan fingerprint density at radius 1 is 0.265 bits per heavy atom. The van der Waals surface area contributed by atoms with Gasteiger partial charge in [0.05, 0.1) is 26.4 Å². The quantitative estimate of drug-likeness (QED) is 0.0222. The maximum absolute atomic E-state index is 13.1. The van der Waals surface area contributed by atoms with E-state index in [0.29, 0.717) is 31.6 Å². The van der Waals surface area contributed by atoms with Gasteiger partial charge in [0.2, 0.25) is 0 Å². The number of phosphoric ester groups is 2. The SMILES string of the molecule is CCCCCCCCCCCCCCCCCCCCCCCC(=O)O[C@H](COC(=O)CCCCCCCCCCCCCCCCCC)COP(=O)(O)OC[C@@H](O)COP(=O)(O)OC[C@@H](COC(=O)CCCCCCCCCC(C)C)OC(=O)CCCCCCCCCCCCCCCCC. The Labute approximate surface area is 626 Å². The second-order valence-electron chi connectivity index (χ2n) is 30.3. The number of ether oxygens (including phenoxy) is 4. The molecule has 0 aromatic carbocycles. The van der Waals surface area contributed by atoms with Gasteiger partial charge in [-0.05, 0) is 31.6 Å². The third-order valence-corrected chi connectivity index (χ3v) is 21.4. The molecule has 0 fully saturated rings. The fraction of sp³-hybridized carbons (Fsp3) is 0.952. The van der Waals surface area contributed by atoms with Gasteiger partial charge < -0.3 is 33.8 Å². The number of rotatable bonds is 83. The Hall–Kier alpha value is -1.94. The molecule has 0 rings (SSSR count). The zero-order valence-electron chi connectivity index (χ0n) is 66.8. The van der Waals surface area contributed by atoms with Gasteiger partial charge in [0.15, 0.2) is 12.2 Å². The molecule has 0 heterocycles. The van der Waals surface area contributed by atoms with Gasteiger partial charge in [0, 0.05) is 25.7 Å². The molecule has 102 heavy (non-hydrogen) atoms. The van der Waals surface area contributed by atoms with Gasteiger partial charge in [-0.3, -0.25) is 37.3 Å². The number of hydrogen-bond donors (Lipinski definition) is 3. The van der Waals surface area contributed by atoms with Crippen LogP contribution in [0, 0.1) is 5.92 Å². The summed E-state index contributed by atoms with van der Waals surface area (Å²) >= 11 is 0. The van der Waals surface area contributed by atoms with E-state index in [4.69, 9.17) is 37.0 Å². The van der Waals surface area contributed by atoms with Crippen molar-refractivity contribution >= 4 is 39.5 Å². The molecule has 0 amide bonds. The minimum absolute atomic E-state index is 0.108. The third kappa shape index (κ3) is 76.3. The summed E-state index contributed by atoms with van der Waals surface area (Å²) in [5.41, 5.74) is 0. The Bertz CT molecular complexity index is 1940. The molecular formula is C83H162O17P2. The van der Waals surface area contributed by atoms with Crippen molar-refractivity contribution < 1.29 is 80.2 Å². The van der Waals surface area contributed by atoms with E-state index in [1.807, 2.05) is 0 Å². The molecule has 19 heteroatoms. The monoisotopic (exact) mass is 1490 g/mol. The van der Waals surface area contributed by atoms with E-state index in [-0.39, 0.29) is 25.7 Å². The number of carbonyl (C=O) groups excluding carboxylic acids is 4. The van der Waals surface area contributed by atoms with Crippen LogP contribution in [0.2, 0.25) is 0 Å². The predicted molar refractivity (Wildman–Crippen MR) is 418 cm³/mol. The van der Waals surface area contributed by atoms with E-state index in [0.717, 1.165) is 96.3 Å². The second kappa shape index (κ2) is 75.9. The summed E-state index contributed by atoms with van der Waals surface area (Å²) in [6.07, 6.45) is 68.1. The molecule has 0 bridgehead atoms. The summed E-state index contributed by atoms with van der Waals surface area (Å²) in [4.78, 5) is 73.1. The Balaban J connectivity index is 5.22. The number of aliphatic hydroxyl groups is 1. The van der Waals surface area contributed by atoms with E-state index >= 15 is 0 Å². The summed E-state index contributed by atoms with van der Waals surface area (Å²) in [6, 6.07) is 0. The molecule has 0 aromatic rings. The van der Waals surface area contributed by atoms with Crippen LogP contribution in [-0.2, 0) is 65.4 Å². The first-order chi connectivity index (χ1) is 49.5. The van der Waals surface area contributed by atoms with Crippen molar-refractivity contribution in [3.63, 3.8) is 0 Å². The van der Waals surface area contributed by atoms with E-state index in [1.165, 1.54) is 263 Å². The van der Waals surface area contributed by atoms with Crippen LogP contribution in [0.4, 0.5) is 0 Å². The normalized spacial score (nSPS) is 13.8. The van der Waals surface area contributed by atoms with Crippen LogP contribution in [0.5, 0.6) is 0 Å². The van der Waals surface area contributed by atoms with Gasteiger partial charge in [0.1, 0.15) is 19.3 Å². The summed E-state index contributed by atoms with van der Waals surface area (Å²) < 4.78 is 68.8. The highest BCUT2D eigenvalue weighted by molar-refractivity contribution is 7.47. The number of carbonyl (C=O) groups is 4. The molecule has 0 saturated heterocycles. The van der Waals surface area contributed by atoms with Gasteiger partial charge >= 0.3 is 39.5 Å². The van der Waals surface area contributed by atoms with Crippen molar-refractivity contribution in [2.24, 2.45) is 5.92 Å². The highest BCUT2D eigenvalue weighted by atomic mass is 31.2. The number of esters is 4. The molecule has 0 aliphatic heterocycles. The second-order valence-corrected chi connectivity index (χ2v) is 33.3. The predicted octanol–water partition coefficient (Wildman–Crippen LogP) is 25.2. The molecule has 0 saturated carbocycles. The highest BCUT2D eigenvalue weighted by Crippen LogP contribution is 2.45. The van der Waals surface area contributed by atoms with Crippen LogP contribution >= 0.6 is 15.6 Å². The summed E-state index contributed by atoms with van der Waals surface area (Å²) in [6.45, 7) is 7.29. The van der Waals surface area contributed by atoms with Gasteiger partial charge in [-0.2, -0.15) is 0 Å². The molecule has 0 aliphatic rings. The van der Waals surface area contributed by atoms with E-state index < -0.39 is 97.5 Å². The van der Waals surface area contributed by atoms with Crippen LogP contribution in [0.1, 0.15) is 446 Å². The zero-order valence-corrected chi connectivity index (χ0v) is 68.5. The van der Waals surface area contributed by atoms with Crippen molar-refractivity contribution in [1.29, 1.82) is 0 Å². The van der Waals surface area contributed by atoms with Gasteiger partial charge in [-0.15, -0.1) is 0 Å². The fourth-order valence-corrected chi connectivity index (χ4v) is 14.5.